The second-order valence-corrected chi connectivity index (χ2v) is 6.87. The van der Waals surface area contributed by atoms with Crippen LogP contribution in [0.1, 0.15) is 36.5 Å². The average Bonchev–Trinajstić information content (AvgIpc) is 3.20. The van der Waals surface area contributed by atoms with Gasteiger partial charge in [-0.3, -0.25) is 4.90 Å². The fourth-order valence-electron chi connectivity index (χ4n) is 3.61. The maximum Gasteiger partial charge on any atom is 0.129 e. The second kappa shape index (κ2) is 5.12. The van der Waals surface area contributed by atoms with Crippen LogP contribution in [0.3, 0.4) is 0 Å². The van der Waals surface area contributed by atoms with Crippen molar-refractivity contribution < 1.29 is 4.39 Å². The first kappa shape index (κ1) is 14.0. The van der Waals surface area contributed by atoms with E-state index in [9.17, 15) is 4.39 Å². The Labute approximate surface area is 121 Å². The van der Waals surface area contributed by atoms with Gasteiger partial charge in [-0.05, 0) is 56.2 Å². The van der Waals surface area contributed by atoms with E-state index < -0.39 is 0 Å². The van der Waals surface area contributed by atoms with E-state index in [0.717, 1.165) is 43.2 Å². The van der Waals surface area contributed by atoms with E-state index in [4.69, 9.17) is 0 Å². The first-order chi connectivity index (χ1) is 9.48. The number of piperazine rings is 1. The second-order valence-electron chi connectivity index (χ2n) is 6.87. The Morgan fingerprint density at radius 2 is 1.95 bits per heavy atom. The van der Waals surface area contributed by atoms with E-state index in [0.29, 0.717) is 0 Å². The Balaban J connectivity index is 1.71. The minimum absolute atomic E-state index is 0.0584. The van der Waals surface area contributed by atoms with Crippen LogP contribution in [-0.4, -0.2) is 30.1 Å². The minimum Gasteiger partial charge on any atom is -0.309 e. The summed E-state index contributed by atoms with van der Waals surface area (Å²) in [6.07, 6.45) is 2.73. The zero-order valence-electron chi connectivity index (χ0n) is 12.8. The Kier molecular flexibility index (Phi) is 3.59. The monoisotopic (exact) mass is 276 g/mol. The zero-order chi connectivity index (χ0) is 14.3. The van der Waals surface area contributed by atoms with Crippen molar-refractivity contribution >= 4 is 0 Å². The smallest absolute Gasteiger partial charge is 0.129 e. The summed E-state index contributed by atoms with van der Waals surface area (Å²) < 4.78 is 13.7. The molecule has 0 radical (unpaired) electrons. The number of halogens is 1. The quantitative estimate of drug-likeness (QED) is 0.913. The lowest BCUT2D eigenvalue weighted by atomic mass is 9.92. The molecule has 1 heterocycles. The highest BCUT2D eigenvalue weighted by Crippen LogP contribution is 2.40. The van der Waals surface area contributed by atoms with Crippen molar-refractivity contribution in [1.29, 1.82) is 0 Å². The molecule has 110 valence electrons. The molecule has 1 aromatic carbocycles. The molecule has 1 aromatic rings. The molecule has 1 N–H and O–H groups in total. The highest BCUT2D eigenvalue weighted by molar-refractivity contribution is 5.30. The summed E-state index contributed by atoms with van der Waals surface area (Å²) in [5.41, 5.74) is 3.05. The van der Waals surface area contributed by atoms with Gasteiger partial charge in [-0.25, -0.2) is 4.39 Å². The first-order valence-corrected chi connectivity index (χ1v) is 7.71. The Hall–Kier alpha value is -0.930. The van der Waals surface area contributed by atoms with Crippen LogP contribution in [0.25, 0.3) is 0 Å². The number of benzene rings is 1. The van der Waals surface area contributed by atoms with Crippen molar-refractivity contribution in [2.75, 3.05) is 19.6 Å². The molecule has 1 saturated carbocycles. The standard InChI is InChI=1S/C17H25FN2/c1-12-8-14(9-13(2)16(12)18)10-20-7-6-19-17(3,11-20)15-4-5-15/h8-9,15,19H,4-7,10-11H2,1-3H3. The molecule has 2 aliphatic rings. The van der Waals surface area contributed by atoms with Gasteiger partial charge in [0.15, 0.2) is 0 Å². The molecule has 1 atom stereocenters. The van der Waals surface area contributed by atoms with Crippen LogP contribution in [0.15, 0.2) is 12.1 Å². The molecule has 0 aromatic heterocycles. The molecule has 2 nitrogen and oxygen atoms in total. The molecular formula is C17H25FN2. The lowest BCUT2D eigenvalue weighted by Crippen LogP contribution is -2.59. The summed E-state index contributed by atoms with van der Waals surface area (Å²) in [6.45, 7) is 10.3. The topological polar surface area (TPSA) is 15.3 Å². The Morgan fingerprint density at radius 1 is 1.30 bits per heavy atom. The van der Waals surface area contributed by atoms with Crippen LogP contribution in [0, 0.1) is 25.6 Å². The lowest BCUT2D eigenvalue weighted by Gasteiger charge is -2.42. The molecule has 3 heteroatoms. The highest BCUT2D eigenvalue weighted by atomic mass is 19.1. The van der Waals surface area contributed by atoms with E-state index in [1.807, 2.05) is 26.0 Å². The normalized spacial score (nSPS) is 27.8. The fraction of sp³-hybridized carbons (Fsp3) is 0.647. The minimum atomic E-state index is -0.0584. The SMILES string of the molecule is Cc1cc(CN2CCNC(C)(C3CC3)C2)cc(C)c1F. The summed E-state index contributed by atoms with van der Waals surface area (Å²) in [6, 6.07) is 4.00. The third-order valence-electron chi connectivity index (χ3n) is 4.89. The number of rotatable bonds is 3. The van der Waals surface area contributed by atoms with Gasteiger partial charge >= 0.3 is 0 Å². The third-order valence-corrected chi connectivity index (χ3v) is 4.89. The van der Waals surface area contributed by atoms with Gasteiger partial charge in [0.05, 0.1) is 0 Å². The maximum absolute atomic E-state index is 13.7. The highest BCUT2D eigenvalue weighted by Gasteiger charge is 2.43. The number of hydrogen-bond donors (Lipinski definition) is 1. The Bertz CT molecular complexity index is 487. The zero-order valence-corrected chi connectivity index (χ0v) is 12.8. The predicted molar refractivity (Wildman–Crippen MR) is 80.3 cm³/mol. The number of nitrogens with one attached hydrogen (secondary N) is 1. The van der Waals surface area contributed by atoms with E-state index in [2.05, 4.69) is 17.1 Å². The maximum atomic E-state index is 13.7. The Morgan fingerprint density at radius 3 is 2.55 bits per heavy atom. The summed E-state index contributed by atoms with van der Waals surface area (Å²) in [5.74, 6) is 0.791. The van der Waals surface area contributed by atoms with Gasteiger partial charge in [0.2, 0.25) is 0 Å². The molecule has 1 saturated heterocycles. The van der Waals surface area contributed by atoms with Crippen LogP contribution >= 0.6 is 0 Å². The molecular weight excluding hydrogens is 251 g/mol. The van der Waals surface area contributed by atoms with Crippen molar-refractivity contribution in [3.63, 3.8) is 0 Å². The predicted octanol–water partition coefficient (Wildman–Crippen LogP) is 3.02. The van der Waals surface area contributed by atoms with Gasteiger partial charge in [-0.15, -0.1) is 0 Å². The van der Waals surface area contributed by atoms with E-state index >= 15 is 0 Å². The van der Waals surface area contributed by atoms with Gasteiger partial charge in [0.1, 0.15) is 5.82 Å². The van der Waals surface area contributed by atoms with Crippen molar-refractivity contribution in [1.82, 2.24) is 10.2 Å². The van der Waals surface area contributed by atoms with E-state index in [-0.39, 0.29) is 11.4 Å². The number of nitrogens with zero attached hydrogens (tertiary/aromatic N) is 1. The van der Waals surface area contributed by atoms with Crippen LogP contribution in [-0.2, 0) is 6.54 Å². The number of hydrogen-bond acceptors (Lipinski definition) is 2. The molecule has 0 amide bonds. The molecule has 1 aliphatic heterocycles. The van der Waals surface area contributed by atoms with Crippen LogP contribution in [0.5, 0.6) is 0 Å². The van der Waals surface area contributed by atoms with Gasteiger partial charge in [-0.1, -0.05) is 12.1 Å². The first-order valence-electron chi connectivity index (χ1n) is 7.71. The van der Waals surface area contributed by atoms with Crippen LogP contribution in [0.2, 0.25) is 0 Å². The molecule has 1 unspecified atom stereocenters. The van der Waals surface area contributed by atoms with Crippen LogP contribution in [0.4, 0.5) is 4.39 Å². The third kappa shape index (κ3) is 2.75. The van der Waals surface area contributed by atoms with E-state index in [1.54, 1.807) is 0 Å². The van der Waals surface area contributed by atoms with Crippen molar-refractivity contribution in [2.24, 2.45) is 5.92 Å². The van der Waals surface area contributed by atoms with Crippen molar-refractivity contribution in [3.05, 3.63) is 34.6 Å². The summed E-state index contributed by atoms with van der Waals surface area (Å²) in [4.78, 5) is 2.51. The van der Waals surface area contributed by atoms with Gasteiger partial charge in [-0.2, -0.15) is 0 Å². The lowest BCUT2D eigenvalue weighted by molar-refractivity contribution is 0.121. The molecule has 0 bridgehead atoms. The average molecular weight is 276 g/mol. The van der Waals surface area contributed by atoms with Crippen molar-refractivity contribution in [3.8, 4) is 0 Å². The fourth-order valence-corrected chi connectivity index (χ4v) is 3.61. The van der Waals surface area contributed by atoms with Crippen LogP contribution < -0.4 is 5.32 Å². The summed E-state index contributed by atoms with van der Waals surface area (Å²) in [5, 5.41) is 3.70. The molecule has 3 rings (SSSR count). The molecule has 0 spiro atoms. The molecule has 20 heavy (non-hydrogen) atoms. The largest absolute Gasteiger partial charge is 0.309 e. The van der Waals surface area contributed by atoms with Gasteiger partial charge < -0.3 is 5.32 Å². The van der Waals surface area contributed by atoms with Crippen molar-refractivity contribution in [2.45, 2.75) is 45.7 Å². The molecule has 1 aliphatic carbocycles. The van der Waals surface area contributed by atoms with E-state index in [1.165, 1.54) is 18.4 Å². The summed E-state index contributed by atoms with van der Waals surface area (Å²) >= 11 is 0. The number of aryl methyl sites for hydroxylation is 2. The molecule has 2 fully saturated rings. The van der Waals surface area contributed by atoms with Gasteiger partial charge in [0, 0.05) is 31.7 Å². The summed E-state index contributed by atoms with van der Waals surface area (Å²) in [7, 11) is 0. The van der Waals surface area contributed by atoms with Gasteiger partial charge in [0.25, 0.3) is 0 Å².